The normalized spacial score (nSPS) is 11.3. The van der Waals surface area contributed by atoms with Crippen molar-refractivity contribution in [2.75, 3.05) is 10.6 Å². The van der Waals surface area contributed by atoms with Crippen LogP contribution in [0.1, 0.15) is 16.8 Å². The summed E-state index contributed by atoms with van der Waals surface area (Å²) in [6.07, 6.45) is -1.27. The average Bonchev–Trinajstić information content (AvgIpc) is 3.21. The molecular weight excluding hydrogens is 435 g/mol. The van der Waals surface area contributed by atoms with Crippen LogP contribution in [-0.4, -0.2) is 16.3 Å². The number of nitrogens with zero attached hydrogens (tertiary/aromatic N) is 3. The Labute approximate surface area is 186 Å². The van der Waals surface area contributed by atoms with E-state index in [9.17, 15) is 18.0 Å². The van der Waals surface area contributed by atoms with Crippen LogP contribution in [0.15, 0.2) is 77.6 Å². The molecule has 33 heavy (non-hydrogen) atoms. The number of nitrogens with one attached hydrogen (secondary N) is 2. The van der Waals surface area contributed by atoms with Gasteiger partial charge in [-0.15, -0.1) is 0 Å². The van der Waals surface area contributed by atoms with Gasteiger partial charge in [0.05, 0.1) is 5.56 Å². The zero-order valence-corrected chi connectivity index (χ0v) is 17.4. The Morgan fingerprint density at radius 3 is 2.58 bits per heavy atom. The quantitative estimate of drug-likeness (QED) is 0.414. The molecule has 2 aromatic carbocycles. The first-order chi connectivity index (χ1) is 15.8. The summed E-state index contributed by atoms with van der Waals surface area (Å²) < 4.78 is 45.0. The molecule has 0 atom stereocenters. The van der Waals surface area contributed by atoms with Crippen molar-refractivity contribution in [2.24, 2.45) is 0 Å². The zero-order chi connectivity index (χ0) is 23.4. The molecule has 10 heteroatoms. The number of benzene rings is 2. The number of halogens is 3. The fourth-order valence-electron chi connectivity index (χ4n) is 3.22. The number of amides is 2. The lowest BCUT2D eigenvalue weighted by molar-refractivity contribution is -0.754. The molecule has 0 aliphatic rings. The molecule has 2 aromatic heterocycles. The number of anilines is 2. The molecular formula is C23H19F3N5O2+. The average molecular weight is 454 g/mol. The number of rotatable bonds is 5. The van der Waals surface area contributed by atoms with Crippen LogP contribution in [0.3, 0.4) is 0 Å². The number of aryl methyl sites for hydroxylation is 1. The Balaban J connectivity index is 1.36. The van der Waals surface area contributed by atoms with E-state index < -0.39 is 17.8 Å². The second-order valence-electron chi connectivity index (χ2n) is 7.25. The maximum Gasteiger partial charge on any atom is 0.416 e. The van der Waals surface area contributed by atoms with Crippen LogP contribution < -0.4 is 15.3 Å². The molecule has 0 fully saturated rings. The van der Waals surface area contributed by atoms with Crippen LogP contribution in [0.2, 0.25) is 0 Å². The molecule has 0 radical (unpaired) electrons. The van der Waals surface area contributed by atoms with Gasteiger partial charge < -0.3 is 5.32 Å². The van der Waals surface area contributed by atoms with Crippen molar-refractivity contribution in [1.29, 1.82) is 0 Å². The Bertz CT molecular complexity index is 1270. The third kappa shape index (κ3) is 5.53. The smallest absolute Gasteiger partial charge is 0.308 e. The minimum atomic E-state index is -4.50. The summed E-state index contributed by atoms with van der Waals surface area (Å²) in [6.45, 7) is 2.35. The number of carbonyl (C=O) groups excluding carboxylic acids is 1. The third-order valence-corrected chi connectivity index (χ3v) is 4.81. The number of carbonyl (C=O) groups is 1. The number of aromatic nitrogens is 3. The molecule has 2 N–H and O–H groups in total. The van der Waals surface area contributed by atoms with Crippen molar-refractivity contribution in [1.82, 2.24) is 10.3 Å². The van der Waals surface area contributed by atoms with Gasteiger partial charge in [0.25, 0.3) is 6.20 Å². The van der Waals surface area contributed by atoms with Gasteiger partial charge in [0.15, 0.2) is 0 Å². The number of urea groups is 1. The number of hydrogen-bond acceptors (Lipinski definition) is 4. The summed E-state index contributed by atoms with van der Waals surface area (Å²) in [4.78, 5) is 16.4. The number of hydrogen-bond donors (Lipinski definition) is 2. The molecule has 4 aromatic rings. The van der Waals surface area contributed by atoms with E-state index in [1.807, 2.05) is 43.3 Å². The fraction of sp³-hybridized carbons (Fsp3) is 0.130. The first-order valence-electron chi connectivity index (χ1n) is 9.90. The lowest BCUT2D eigenvalue weighted by Crippen LogP contribution is -2.35. The second kappa shape index (κ2) is 9.11. The van der Waals surface area contributed by atoms with E-state index in [-0.39, 0.29) is 11.6 Å². The lowest BCUT2D eigenvalue weighted by atomic mass is 10.0. The fourth-order valence-corrected chi connectivity index (χ4v) is 3.22. The van der Waals surface area contributed by atoms with Gasteiger partial charge in [-0.1, -0.05) is 36.4 Å². The van der Waals surface area contributed by atoms with E-state index in [1.54, 1.807) is 6.20 Å². The summed E-state index contributed by atoms with van der Waals surface area (Å²) in [5, 5.41) is 8.59. The molecule has 0 saturated heterocycles. The van der Waals surface area contributed by atoms with Crippen LogP contribution in [0.4, 0.5) is 29.5 Å². The van der Waals surface area contributed by atoms with E-state index >= 15 is 0 Å². The van der Waals surface area contributed by atoms with E-state index in [1.165, 1.54) is 23.0 Å². The Kier molecular flexibility index (Phi) is 6.07. The highest BCUT2D eigenvalue weighted by atomic mass is 19.4. The maximum atomic E-state index is 12.8. The minimum absolute atomic E-state index is 0.00124. The summed E-state index contributed by atoms with van der Waals surface area (Å²) in [6, 6.07) is 15.4. The molecule has 4 rings (SSSR count). The monoisotopic (exact) mass is 454 g/mol. The highest BCUT2D eigenvalue weighted by Gasteiger charge is 2.30. The molecule has 0 unspecified atom stereocenters. The van der Waals surface area contributed by atoms with Crippen LogP contribution in [-0.2, 0) is 12.7 Å². The molecule has 0 aliphatic carbocycles. The van der Waals surface area contributed by atoms with Crippen molar-refractivity contribution in [3.63, 3.8) is 0 Å². The molecule has 0 bridgehead atoms. The number of pyridine rings is 1. The first-order valence-corrected chi connectivity index (χ1v) is 9.90. The van der Waals surface area contributed by atoms with Gasteiger partial charge in [0.1, 0.15) is 0 Å². The molecule has 7 nitrogen and oxygen atoms in total. The topological polar surface area (TPSA) is 83.9 Å². The van der Waals surface area contributed by atoms with E-state index in [2.05, 4.69) is 20.9 Å². The van der Waals surface area contributed by atoms with Crippen LogP contribution in [0.25, 0.3) is 11.1 Å². The van der Waals surface area contributed by atoms with Crippen molar-refractivity contribution in [2.45, 2.75) is 19.6 Å². The van der Waals surface area contributed by atoms with E-state index in [0.29, 0.717) is 6.54 Å². The van der Waals surface area contributed by atoms with Crippen molar-refractivity contribution in [3.8, 4) is 11.1 Å². The standard InChI is InChI=1S/C23H18F3N5O2/c1-15-20(6-3-11-27-15)17-9-7-16(8-10-17)13-31-14-21(33-30-31)29-22(32)28-19-5-2-4-18(12-19)23(24,25)26/h2-12,14H,13H2,1H3,(H-,28,29,30,32)/p+1. The number of alkyl halides is 3. The predicted octanol–water partition coefficient (Wildman–Crippen LogP) is 5.04. The van der Waals surface area contributed by atoms with Gasteiger partial charge >= 0.3 is 18.1 Å². The Hall–Kier alpha value is -4.21. The summed E-state index contributed by atoms with van der Waals surface area (Å²) in [5.41, 5.74) is 3.13. The van der Waals surface area contributed by atoms with Gasteiger partial charge in [0, 0.05) is 28.7 Å². The second-order valence-corrected chi connectivity index (χ2v) is 7.25. The minimum Gasteiger partial charge on any atom is -0.308 e. The van der Waals surface area contributed by atoms with Crippen LogP contribution >= 0.6 is 0 Å². The van der Waals surface area contributed by atoms with Crippen molar-refractivity contribution in [3.05, 3.63) is 89.9 Å². The predicted molar refractivity (Wildman–Crippen MR) is 114 cm³/mol. The Morgan fingerprint density at radius 2 is 1.85 bits per heavy atom. The Morgan fingerprint density at radius 1 is 1.06 bits per heavy atom. The third-order valence-electron chi connectivity index (χ3n) is 4.81. The summed E-state index contributed by atoms with van der Waals surface area (Å²) >= 11 is 0. The molecule has 0 saturated carbocycles. The van der Waals surface area contributed by atoms with Crippen molar-refractivity contribution < 1.29 is 27.2 Å². The summed E-state index contributed by atoms with van der Waals surface area (Å²) in [7, 11) is 0. The van der Waals surface area contributed by atoms with Gasteiger partial charge in [0.2, 0.25) is 11.8 Å². The zero-order valence-electron chi connectivity index (χ0n) is 17.4. The largest absolute Gasteiger partial charge is 0.416 e. The van der Waals surface area contributed by atoms with E-state index in [0.717, 1.165) is 34.5 Å². The molecule has 0 spiro atoms. The molecule has 168 valence electrons. The lowest BCUT2D eigenvalue weighted by Gasteiger charge is -2.09. The molecule has 2 heterocycles. The van der Waals surface area contributed by atoms with Gasteiger partial charge in [-0.25, -0.2) is 4.79 Å². The van der Waals surface area contributed by atoms with E-state index in [4.69, 9.17) is 4.52 Å². The van der Waals surface area contributed by atoms with Crippen LogP contribution in [0, 0.1) is 6.92 Å². The maximum absolute atomic E-state index is 12.8. The SMILES string of the molecule is Cc1ncccc1-c1ccc(C[n+]2cc(NC(=O)Nc3cccc(C(F)(F)F)c3)on2)cc1. The molecule has 2 amide bonds. The van der Waals surface area contributed by atoms with Gasteiger partial charge in [-0.05, 0) is 41.4 Å². The van der Waals surface area contributed by atoms with Crippen LogP contribution in [0.5, 0.6) is 0 Å². The van der Waals surface area contributed by atoms with Gasteiger partial charge in [-0.2, -0.15) is 13.2 Å². The highest BCUT2D eigenvalue weighted by Crippen LogP contribution is 2.30. The molecule has 0 aliphatic heterocycles. The summed E-state index contributed by atoms with van der Waals surface area (Å²) in [5.74, 6) is 0.0436. The van der Waals surface area contributed by atoms with Gasteiger partial charge in [-0.3, -0.25) is 14.8 Å². The first kappa shape index (κ1) is 22.0. The van der Waals surface area contributed by atoms with Crippen molar-refractivity contribution >= 4 is 17.6 Å². The highest BCUT2D eigenvalue weighted by molar-refractivity contribution is 5.98.